The van der Waals surface area contributed by atoms with Gasteiger partial charge in [0.05, 0.1) is 0 Å². The maximum atomic E-state index is 12.6. The molecule has 0 saturated carbocycles. The topological polar surface area (TPSA) is 52.6 Å². The van der Waals surface area contributed by atoms with Crippen molar-refractivity contribution in [3.8, 4) is 0 Å². The second-order valence-corrected chi connectivity index (χ2v) is 4.74. The highest BCUT2D eigenvalue weighted by Gasteiger charge is 2.73. The van der Waals surface area contributed by atoms with Gasteiger partial charge in [-0.3, -0.25) is 0 Å². The molecule has 0 bridgehead atoms. The van der Waals surface area contributed by atoms with E-state index in [1.54, 1.807) is 0 Å². The van der Waals surface area contributed by atoms with Gasteiger partial charge in [-0.2, -0.15) is 34.6 Å². The van der Waals surface area contributed by atoms with E-state index in [1.807, 2.05) is 4.39 Å². The highest BCUT2D eigenvalue weighted by molar-refractivity contribution is 14.1. The minimum atomic E-state index is -6.15. The summed E-state index contributed by atoms with van der Waals surface area (Å²) in [5.41, 5.74) is 0. The average molecular weight is 392 g/mol. The molecule has 0 aromatic carbocycles. The van der Waals surface area contributed by atoms with E-state index in [9.17, 15) is 39.3 Å². The number of hydrogen-bond donors (Lipinski definition) is 0. The first-order chi connectivity index (χ1) is 6.77. The second kappa shape index (κ2) is 4.41. The zero-order chi connectivity index (χ0) is 13.4. The average Bonchev–Trinajstić information content (AvgIpc) is 2.00. The van der Waals surface area contributed by atoms with Crippen LogP contribution in [0.25, 0.3) is 0 Å². The van der Waals surface area contributed by atoms with Gasteiger partial charge in [-0.05, 0) is 31.5 Å². The Kier molecular flexibility index (Phi) is 4.44. The lowest BCUT2D eigenvalue weighted by Gasteiger charge is -2.27. The molecule has 16 heavy (non-hydrogen) atoms. The third-order valence-corrected chi connectivity index (χ3v) is 2.81. The van der Waals surface area contributed by atoms with E-state index in [0.29, 0.717) is 0 Å². The van der Waals surface area contributed by atoms with Gasteiger partial charge in [-0.1, -0.05) is 0 Å². The van der Waals surface area contributed by atoms with Crippen molar-refractivity contribution in [3.63, 3.8) is 0 Å². The predicted octanol–water partition coefficient (Wildman–Crippen LogP) is 2.40. The highest BCUT2D eigenvalue weighted by atomic mass is 127. The molecule has 0 amide bonds. The SMILES string of the molecule is O=S(=O)(OF)OC(F)(F)C(F)(I)C(F)(F)F. The van der Waals surface area contributed by atoms with Crippen LogP contribution in [0.5, 0.6) is 0 Å². The van der Waals surface area contributed by atoms with Crippen LogP contribution in [0.2, 0.25) is 0 Å². The smallest absolute Gasteiger partial charge is 0.212 e. The van der Waals surface area contributed by atoms with E-state index in [-0.39, 0.29) is 0 Å². The maximum Gasteiger partial charge on any atom is 0.440 e. The summed E-state index contributed by atoms with van der Waals surface area (Å²) in [6, 6.07) is 0. The van der Waals surface area contributed by atoms with Crippen molar-refractivity contribution in [2.24, 2.45) is 0 Å². The van der Waals surface area contributed by atoms with Crippen LogP contribution in [0.3, 0.4) is 0 Å². The number of halogens is 8. The monoisotopic (exact) mass is 392 g/mol. The molecule has 0 heterocycles. The van der Waals surface area contributed by atoms with E-state index in [4.69, 9.17) is 0 Å². The van der Waals surface area contributed by atoms with Crippen molar-refractivity contribution in [2.45, 2.75) is 16.0 Å². The molecule has 1 atom stereocenters. The Balaban J connectivity index is 5.23. The van der Waals surface area contributed by atoms with Gasteiger partial charge in [-0.25, -0.2) is 4.39 Å². The lowest BCUT2D eigenvalue weighted by Crippen LogP contribution is -2.52. The first-order valence-electron chi connectivity index (χ1n) is 2.85. The summed E-state index contributed by atoms with van der Waals surface area (Å²) in [5, 5.41) is 0. The fourth-order valence-corrected chi connectivity index (χ4v) is 1.01. The molecule has 0 fully saturated rings. The molecule has 0 N–H and O–H groups in total. The van der Waals surface area contributed by atoms with Crippen LogP contribution < -0.4 is 0 Å². The third kappa shape index (κ3) is 3.30. The normalized spacial score (nSPS) is 18.2. The highest BCUT2D eigenvalue weighted by Crippen LogP contribution is 2.51. The summed E-state index contributed by atoms with van der Waals surface area (Å²) >= 11 is -0.428. The van der Waals surface area contributed by atoms with Gasteiger partial charge in [0.2, 0.25) is 0 Å². The van der Waals surface area contributed by atoms with Crippen molar-refractivity contribution < 1.29 is 47.9 Å². The Labute approximate surface area is 97.1 Å². The summed E-state index contributed by atoms with van der Waals surface area (Å²) in [6.07, 6.45) is -12.0. The standard InChI is InChI=1S/C3F7IO4S/c4-1(11,2(5,6)7)3(8,9)14-16(12,13)15-10. The predicted molar refractivity (Wildman–Crippen MR) is 41.1 cm³/mol. The maximum absolute atomic E-state index is 12.6. The minimum Gasteiger partial charge on any atom is -0.212 e. The zero-order valence-electron chi connectivity index (χ0n) is 6.56. The van der Waals surface area contributed by atoms with Gasteiger partial charge in [0.1, 0.15) is 0 Å². The third-order valence-electron chi connectivity index (χ3n) is 1.01. The lowest BCUT2D eigenvalue weighted by atomic mass is 10.3. The Hall–Kier alpha value is 0.110. The van der Waals surface area contributed by atoms with Gasteiger partial charge >= 0.3 is 26.4 Å². The van der Waals surface area contributed by atoms with Crippen LogP contribution in [-0.4, -0.2) is 24.4 Å². The van der Waals surface area contributed by atoms with E-state index in [0.717, 1.165) is 0 Å². The van der Waals surface area contributed by atoms with Gasteiger partial charge in [0.25, 0.3) is 0 Å². The second-order valence-electron chi connectivity index (χ2n) is 2.14. The van der Waals surface area contributed by atoms with Gasteiger partial charge in [0.15, 0.2) is 0 Å². The Bertz CT molecular complexity index is 347. The van der Waals surface area contributed by atoms with Crippen LogP contribution >= 0.6 is 22.6 Å². The van der Waals surface area contributed by atoms with E-state index in [2.05, 4.69) is 4.18 Å². The van der Waals surface area contributed by atoms with Crippen LogP contribution in [0.1, 0.15) is 0 Å². The molecule has 0 aromatic rings. The fourth-order valence-electron chi connectivity index (χ4n) is 0.358. The molecule has 0 spiro atoms. The summed E-state index contributed by atoms with van der Waals surface area (Å²) in [5.74, 6) is 0. The van der Waals surface area contributed by atoms with Crippen molar-refractivity contribution in [1.82, 2.24) is 0 Å². The Morgan fingerprint density at radius 2 is 1.38 bits per heavy atom. The van der Waals surface area contributed by atoms with Crippen molar-refractivity contribution in [2.75, 3.05) is 0 Å². The van der Waals surface area contributed by atoms with E-state index >= 15 is 0 Å². The molecule has 0 rings (SSSR count). The van der Waals surface area contributed by atoms with Crippen molar-refractivity contribution in [1.29, 1.82) is 0 Å². The molecule has 1 unspecified atom stereocenters. The van der Waals surface area contributed by atoms with Crippen LogP contribution in [0.4, 0.5) is 30.9 Å². The summed E-state index contributed by atoms with van der Waals surface area (Å²) in [6.45, 7) is 0. The van der Waals surface area contributed by atoms with Gasteiger partial charge < -0.3 is 0 Å². The Morgan fingerprint density at radius 3 is 1.62 bits per heavy atom. The first-order valence-corrected chi connectivity index (χ1v) is 5.26. The van der Waals surface area contributed by atoms with Crippen LogP contribution in [0.15, 0.2) is 0 Å². The van der Waals surface area contributed by atoms with Gasteiger partial charge in [-0.15, -0.1) is 0 Å². The molecule has 0 saturated heterocycles. The molecule has 0 aliphatic carbocycles. The minimum absolute atomic E-state index is 0.428. The Morgan fingerprint density at radius 1 is 1.00 bits per heavy atom. The summed E-state index contributed by atoms with van der Waals surface area (Å²) in [7, 11) is -6.08. The molecular formula is C3F7IO4S. The largest absolute Gasteiger partial charge is 0.440 e. The first kappa shape index (κ1) is 16.1. The number of hydrogen-bond acceptors (Lipinski definition) is 4. The molecule has 0 aliphatic rings. The zero-order valence-corrected chi connectivity index (χ0v) is 9.54. The van der Waals surface area contributed by atoms with Crippen LogP contribution in [0, 0.1) is 0 Å². The van der Waals surface area contributed by atoms with E-state index in [1.165, 1.54) is 0 Å². The summed E-state index contributed by atoms with van der Waals surface area (Å²) in [4.78, 5) is 0. The molecule has 4 nitrogen and oxygen atoms in total. The molecular weight excluding hydrogens is 392 g/mol. The molecule has 0 radical (unpaired) electrons. The van der Waals surface area contributed by atoms with Crippen molar-refractivity contribution >= 4 is 33.0 Å². The van der Waals surface area contributed by atoms with Crippen molar-refractivity contribution in [3.05, 3.63) is 0 Å². The summed E-state index contributed by atoms with van der Waals surface area (Å²) < 4.78 is 102. The molecule has 98 valence electrons. The fraction of sp³-hybridized carbons (Fsp3) is 1.00. The van der Waals surface area contributed by atoms with Crippen LogP contribution in [-0.2, 0) is 19.0 Å². The number of alkyl halides is 7. The molecule has 0 aromatic heterocycles. The van der Waals surface area contributed by atoms with Gasteiger partial charge in [0, 0.05) is 0 Å². The molecule has 13 heteroatoms. The molecule has 0 aliphatic heterocycles. The quantitative estimate of drug-likeness (QED) is 0.419. The number of rotatable bonds is 4. The van der Waals surface area contributed by atoms with E-state index < -0.39 is 49.0 Å². The lowest BCUT2D eigenvalue weighted by molar-refractivity contribution is -0.315.